The lowest BCUT2D eigenvalue weighted by Crippen LogP contribution is -2.14. The molecule has 0 amide bonds. The van der Waals surface area contributed by atoms with Crippen LogP contribution in [0, 0.1) is 0 Å². The first-order chi connectivity index (χ1) is 14.8. The molecule has 3 rings (SSSR count). The molecular weight excluding hydrogens is 422 g/mol. The van der Waals surface area contributed by atoms with Crippen LogP contribution in [0.15, 0.2) is 77.7 Å². The van der Waals surface area contributed by atoms with Gasteiger partial charge in [-0.3, -0.25) is 9.52 Å². The van der Waals surface area contributed by atoms with E-state index in [-0.39, 0.29) is 34.3 Å². The van der Waals surface area contributed by atoms with E-state index in [0.717, 1.165) is 0 Å². The smallest absolute Gasteiger partial charge is 0.335 e. The monoisotopic (exact) mass is 441 g/mol. The quantitative estimate of drug-likeness (QED) is 0.512. The number of rotatable bonds is 8. The highest BCUT2D eigenvalue weighted by Gasteiger charge is 2.18. The van der Waals surface area contributed by atoms with Gasteiger partial charge in [-0.2, -0.15) is 0 Å². The number of methoxy groups -OCH3 is 1. The number of sulfonamides is 1. The Kier molecular flexibility index (Phi) is 6.56. The molecule has 0 saturated carbocycles. The molecule has 160 valence electrons. The second-order valence-electron chi connectivity index (χ2n) is 6.43. The predicted molar refractivity (Wildman–Crippen MR) is 113 cm³/mol. The van der Waals surface area contributed by atoms with Crippen LogP contribution < -0.4 is 9.46 Å². The minimum Gasteiger partial charge on any atom is -0.478 e. The van der Waals surface area contributed by atoms with Gasteiger partial charge in [0.25, 0.3) is 10.0 Å². The van der Waals surface area contributed by atoms with E-state index in [4.69, 9.17) is 4.74 Å². The van der Waals surface area contributed by atoms with Gasteiger partial charge in [0.2, 0.25) is 0 Å². The third-order valence-corrected chi connectivity index (χ3v) is 5.63. The van der Waals surface area contributed by atoms with E-state index in [0.29, 0.717) is 11.3 Å². The minimum atomic E-state index is -3.97. The first-order valence-corrected chi connectivity index (χ1v) is 10.6. The molecule has 0 aliphatic heterocycles. The Hall–Kier alpha value is -3.85. The summed E-state index contributed by atoms with van der Waals surface area (Å²) < 4.78 is 38.2. The Bertz CT molecular complexity index is 1190. The van der Waals surface area contributed by atoms with Crippen LogP contribution in [0.5, 0.6) is 11.5 Å². The lowest BCUT2D eigenvalue weighted by Gasteiger charge is -2.14. The fourth-order valence-corrected chi connectivity index (χ4v) is 3.76. The summed E-state index contributed by atoms with van der Waals surface area (Å²) in [5.41, 5.74) is 0.583. The number of carbonyl (C=O) groups excluding carboxylic acids is 1. The summed E-state index contributed by atoms with van der Waals surface area (Å²) in [6.45, 7) is 0. The highest BCUT2D eigenvalue weighted by molar-refractivity contribution is 7.92. The zero-order chi connectivity index (χ0) is 22.4. The van der Waals surface area contributed by atoms with Crippen molar-refractivity contribution >= 4 is 27.6 Å². The number of aromatic carboxylic acids is 1. The number of esters is 1. The fraction of sp³-hybridized carbons (Fsp3) is 0.0909. The molecule has 0 aromatic heterocycles. The molecule has 0 heterocycles. The van der Waals surface area contributed by atoms with Crippen molar-refractivity contribution in [1.82, 2.24) is 0 Å². The summed E-state index contributed by atoms with van der Waals surface area (Å²) in [5, 5.41) is 9.27. The molecule has 3 aromatic carbocycles. The molecule has 9 heteroatoms. The molecule has 0 aliphatic rings. The summed E-state index contributed by atoms with van der Waals surface area (Å²) in [6, 6.07) is 18.1. The van der Waals surface area contributed by atoms with Gasteiger partial charge in [-0.25, -0.2) is 13.2 Å². The van der Waals surface area contributed by atoms with Crippen LogP contribution in [0.4, 0.5) is 5.69 Å². The van der Waals surface area contributed by atoms with E-state index in [1.165, 1.54) is 37.4 Å². The zero-order valence-electron chi connectivity index (χ0n) is 16.4. The molecule has 2 N–H and O–H groups in total. The van der Waals surface area contributed by atoms with E-state index in [1.54, 1.807) is 42.5 Å². The maximum Gasteiger partial charge on any atom is 0.335 e. The first-order valence-electron chi connectivity index (χ1n) is 9.07. The first kappa shape index (κ1) is 21.8. The molecule has 0 fully saturated rings. The summed E-state index contributed by atoms with van der Waals surface area (Å²) in [7, 11) is -2.66. The van der Waals surface area contributed by atoms with E-state index in [9.17, 15) is 23.1 Å². The Morgan fingerprint density at radius 1 is 0.968 bits per heavy atom. The van der Waals surface area contributed by atoms with Crippen molar-refractivity contribution in [3.05, 3.63) is 83.9 Å². The van der Waals surface area contributed by atoms with Crippen LogP contribution in [0.25, 0.3) is 0 Å². The number of carboxylic acids is 1. The van der Waals surface area contributed by atoms with Crippen LogP contribution in [-0.4, -0.2) is 32.6 Å². The number of anilines is 1. The Morgan fingerprint density at radius 3 is 2.26 bits per heavy atom. The number of carbonyl (C=O) groups is 2. The molecule has 3 aromatic rings. The molecule has 0 radical (unpaired) electrons. The molecule has 0 spiro atoms. The minimum absolute atomic E-state index is 0.0221. The van der Waals surface area contributed by atoms with Crippen molar-refractivity contribution in [2.75, 3.05) is 11.8 Å². The SMILES string of the molecule is COC(=O)Cc1ccc(Oc2ccc(C(=O)O)cc2NS(=O)(=O)c2ccccc2)cc1. The van der Waals surface area contributed by atoms with E-state index >= 15 is 0 Å². The van der Waals surface area contributed by atoms with Crippen molar-refractivity contribution in [3.8, 4) is 11.5 Å². The highest BCUT2D eigenvalue weighted by atomic mass is 32.2. The van der Waals surface area contributed by atoms with Crippen molar-refractivity contribution in [2.24, 2.45) is 0 Å². The van der Waals surface area contributed by atoms with Gasteiger partial charge in [0.1, 0.15) is 5.75 Å². The molecule has 0 atom stereocenters. The number of hydrogen-bond acceptors (Lipinski definition) is 6. The molecular formula is C22H19NO7S. The fourth-order valence-electron chi connectivity index (χ4n) is 2.68. The summed E-state index contributed by atoms with van der Waals surface area (Å²) in [4.78, 5) is 22.7. The van der Waals surface area contributed by atoms with Crippen molar-refractivity contribution in [3.63, 3.8) is 0 Å². The second kappa shape index (κ2) is 9.31. The zero-order valence-corrected chi connectivity index (χ0v) is 17.3. The van der Waals surface area contributed by atoms with Crippen LogP contribution >= 0.6 is 0 Å². The number of carboxylic acid groups (broad SMARTS) is 1. The molecule has 0 unspecified atom stereocenters. The standard InChI is InChI=1S/C22H19NO7S/c1-29-21(24)13-15-7-10-17(11-8-15)30-20-12-9-16(22(25)26)14-19(20)23-31(27,28)18-5-3-2-4-6-18/h2-12,14,23H,13H2,1H3,(H,25,26). The largest absolute Gasteiger partial charge is 0.478 e. The van der Waals surface area contributed by atoms with Gasteiger partial charge in [0.05, 0.1) is 29.7 Å². The Morgan fingerprint density at radius 2 is 1.65 bits per heavy atom. The number of benzene rings is 3. The maximum absolute atomic E-state index is 12.7. The van der Waals surface area contributed by atoms with E-state index < -0.39 is 16.0 Å². The summed E-state index contributed by atoms with van der Waals surface area (Å²) in [5.74, 6) is -1.10. The van der Waals surface area contributed by atoms with Crippen molar-refractivity contribution in [2.45, 2.75) is 11.3 Å². The van der Waals surface area contributed by atoms with Gasteiger partial charge in [-0.1, -0.05) is 30.3 Å². The molecule has 0 saturated heterocycles. The number of hydrogen-bond donors (Lipinski definition) is 2. The van der Waals surface area contributed by atoms with Gasteiger partial charge in [-0.05, 0) is 48.0 Å². The van der Waals surface area contributed by atoms with Crippen LogP contribution in [0.3, 0.4) is 0 Å². The third-order valence-electron chi connectivity index (χ3n) is 4.25. The van der Waals surface area contributed by atoms with E-state index in [1.807, 2.05) is 0 Å². The molecule has 31 heavy (non-hydrogen) atoms. The van der Waals surface area contributed by atoms with Crippen molar-refractivity contribution < 1.29 is 32.6 Å². The van der Waals surface area contributed by atoms with Gasteiger partial charge in [0.15, 0.2) is 5.75 Å². The number of nitrogens with one attached hydrogen (secondary N) is 1. The van der Waals surface area contributed by atoms with Crippen LogP contribution in [-0.2, 0) is 26.0 Å². The second-order valence-corrected chi connectivity index (χ2v) is 8.12. The highest BCUT2D eigenvalue weighted by Crippen LogP contribution is 2.32. The van der Waals surface area contributed by atoms with Gasteiger partial charge in [-0.15, -0.1) is 0 Å². The van der Waals surface area contributed by atoms with Crippen molar-refractivity contribution in [1.29, 1.82) is 0 Å². The van der Waals surface area contributed by atoms with Gasteiger partial charge >= 0.3 is 11.9 Å². The van der Waals surface area contributed by atoms with Gasteiger partial charge < -0.3 is 14.6 Å². The average molecular weight is 441 g/mol. The number of ether oxygens (including phenoxy) is 2. The third kappa shape index (κ3) is 5.61. The lowest BCUT2D eigenvalue weighted by molar-refractivity contribution is -0.139. The Labute approximate surface area is 179 Å². The maximum atomic E-state index is 12.7. The normalized spacial score (nSPS) is 10.9. The molecule has 8 nitrogen and oxygen atoms in total. The average Bonchev–Trinajstić information content (AvgIpc) is 2.76. The van der Waals surface area contributed by atoms with Crippen LogP contribution in [0.1, 0.15) is 15.9 Å². The molecule has 0 bridgehead atoms. The van der Waals surface area contributed by atoms with E-state index in [2.05, 4.69) is 9.46 Å². The summed E-state index contributed by atoms with van der Waals surface area (Å²) >= 11 is 0. The molecule has 0 aliphatic carbocycles. The predicted octanol–water partition coefficient (Wildman–Crippen LogP) is 3.69. The lowest BCUT2D eigenvalue weighted by atomic mass is 10.1. The Balaban J connectivity index is 1.90. The topological polar surface area (TPSA) is 119 Å². The van der Waals surface area contributed by atoms with Crippen LogP contribution in [0.2, 0.25) is 0 Å². The summed E-state index contributed by atoms with van der Waals surface area (Å²) in [6.07, 6.45) is 0.103. The van der Waals surface area contributed by atoms with Gasteiger partial charge in [0, 0.05) is 0 Å².